The van der Waals surface area contributed by atoms with Gasteiger partial charge in [0.1, 0.15) is 6.04 Å². The summed E-state index contributed by atoms with van der Waals surface area (Å²) in [7, 11) is 0. The number of aromatic nitrogens is 2. The molecule has 0 spiro atoms. The number of carbonyl (C=O) groups excluding carboxylic acids is 1. The maximum absolute atomic E-state index is 12.6. The van der Waals surface area contributed by atoms with Crippen molar-refractivity contribution in [2.45, 2.75) is 51.5 Å². The lowest BCUT2D eigenvalue weighted by molar-refractivity contribution is -0.126. The van der Waals surface area contributed by atoms with Gasteiger partial charge < -0.3 is 9.73 Å². The number of aryl methyl sites for hydroxylation is 1. The smallest absolute Gasteiger partial charge is 0.239 e. The number of benzene rings is 1. The minimum atomic E-state index is -0.270. The van der Waals surface area contributed by atoms with Gasteiger partial charge in [-0.15, -0.1) is 10.2 Å². The Bertz CT molecular complexity index is 633. The molecule has 0 bridgehead atoms. The molecule has 3 rings (SSSR count). The van der Waals surface area contributed by atoms with Crippen LogP contribution in [0, 0.1) is 12.8 Å². The molecule has 1 unspecified atom stereocenters. The molecule has 5 nitrogen and oxygen atoms in total. The summed E-state index contributed by atoms with van der Waals surface area (Å²) in [5.74, 6) is 1.23. The third-order valence-corrected chi connectivity index (χ3v) is 4.41. The Morgan fingerprint density at radius 1 is 1.22 bits per heavy atom. The van der Waals surface area contributed by atoms with E-state index in [0.29, 0.717) is 18.2 Å². The maximum atomic E-state index is 12.6. The highest BCUT2D eigenvalue weighted by molar-refractivity contribution is 5.79. The summed E-state index contributed by atoms with van der Waals surface area (Å²) < 4.78 is 5.57. The quantitative estimate of drug-likeness (QED) is 0.919. The average molecular weight is 313 g/mol. The summed E-state index contributed by atoms with van der Waals surface area (Å²) in [6.45, 7) is 1.76. The average Bonchev–Trinajstić information content (AvgIpc) is 3.02. The summed E-state index contributed by atoms with van der Waals surface area (Å²) in [6, 6.07) is 9.79. The molecule has 122 valence electrons. The zero-order valence-corrected chi connectivity index (χ0v) is 13.5. The molecule has 23 heavy (non-hydrogen) atoms. The number of hydrogen-bond donors (Lipinski definition) is 1. The molecule has 1 N–H and O–H groups in total. The van der Waals surface area contributed by atoms with Crippen LogP contribution in [0.2, 0.25) is 0 Å². The van der Waals surface area contributed by atoms with Crippen LogP contribution in [-0.2, 0) is 11.2 Å². The molecule has 1 aliphatic carbocycles. The molecule has 0 radical (unpaired) electrons. The van der Waals surface area contributed by atoms with Crippen LogP contribution in [0.3, 0.4) is 0 Å². The van der Waals surface area contributed by atoms with Gasteiger partial charge in [-0.2, -0.15) is 0 Å². The molecule has 1 heterocycles. The molecule has 2 aromatic rings. The van der Waals surface area contributed by atoms with Gasteiger partial charge in [0.25, 0.3) is 0 Å². The molecule has 1 fully saturated rings. The van der Waals surface area contributed by atoms with Crippen molar-refractivity contribution in [3.63, 3.8) is 0 Å². The van der Waals surface area contributed by atoms with Gasteiger partial charge in [0.2, 0.25) is 17.7 Å². The van der Waals surface area contributed by atoms with Crippen LogP contribution in [0.1, 0.15) is 55.5 Å². The lowest BCUT2D eigenvalue weighted by Crippen LogP contribution is -2.36. The van der Waals surface area contributed by atoms with E-state index in [1.807, 2.05) is 30.3 Å². The number of nitrogens with one attached hydrogen (secondary N) is 1. The van der Waals surface area contributed by atoms with Gasteiger partial charge in [0.15, 0.2) is 0 Å². The van der Waals surface area contributed by atoms with Crippen LogP contribution in [0.4, 0.5) is 0 Å². The Morgan fingerprint density at radius 2 is 1.96 bits per heavy atom. The minimum Gasteiger partial charge on any atom is -0.423 e. The first-order chi connectivity index (χ1) is 11.2. The lowest BCUT2D eigenvalue weighted by Gasteiger charge is -2.23. The number of amides is 1. The molecule has 0 saturated heterocycles. The van der Waals surface area contributed by atoms with Crippen LogP contribution >= 0.6 is 0 Å². The molecule has 1 aromatic heterocycles. The normalized spacial score (nSPS) is 16.9. The Hall–Kier alpha value is -2.17. The number of hydrogen-bond acceptors (Lipinski definition) is 4. The van der Waals surface area contributed by atoms with Gasteiger partial charge in [-0.3, -0.25) is 4.79 Å². The van der Waals surface area contributed by atoms with Crippen LogP contribution in [-0.4, -0.2) is 16.1 Å². The van der Waals surface area contributed by atoms with Gasteiger partial charge in [0.05, 0.1) is 0 Å². The molecular weight excluding hydrogens is 290 g/mol. The predicted molar refractivity (Wildman–Crippen MR) is 86.6 cm³/mol. The molecule has 0 aliphatic heterocycles. The third-order valence-electron chi connectivity index (χ3n) is 4.41. The van der Waals surface area contributed by atoms with Gasteiger partial charge in [-0.05, 0) is 18.4 Å². The van der Waals surface area contributed by atoms with Gasteiger partial charge in [-0.25, -0.2) is 0 Å². The number of carbonyl (C=O) groups is 1. The Labute approximate surface area is 136 Å². The van der Waals surface area contributed by atoms with Gasteiger partial charge in [-0.1, -0.05) is 49.6 Å². The Balaban J connectivity index is 1.73. The summed E-state index contributed by atoms with van der Waals surface area (Å²) in [4.78, 5) is 12.6. The highest BCUT2D eigenvalue weighted by Crippen LogP contribution is 2.25. The van der Waals surface area contributed by atoms with E-state index in [9.17, 15) is 4.79 Å². The largest absolute Gasteiger partial charge is 0.423 e. The summed E-state index contributed by atoms with van der Waals surface area (Å²) in [5.41, 5.74) is 1.14. The standard InChI is InChI=1S/C18H23N3O2/c1-13-20-21-18(23-13)16(12-14-8-4-2-5-9-14)19-17(22)15-10-6-3-7-11-15/h2,4-5,8-9,15-16H,3,6-7,10-12H2,1H3,(H,19,22). The lowest BCUT2D eigenvalue weighted by atomic mass is 9.88. The molecule has 5 heteroatoms. The highest BCUT2D eigenvalue weighted by atomic mass is 16.4. The zero-order valence-electron chi connectivity index (χ0n) is 13.5. The second kappa shape index (κ2) is 7.40. The molecule has 1 atom stereocenters. The topological polar surface area (TPSA) is 68.0 Å². The van der Waals surface area contributed by atoms with E-state index in [0.717, 1.165) is 31.2 Å². The van der Waals surface area contributed by atoms with Gasteiger partial charge >= 0.3 is 0 Å². The third kappa shape index (κ3) is 4.18. The Kier molecular flexibility index (Phi) is 5.05. The first-order valence-electron chi connectivity index (χ1n) is 8.36. The predicted octanol–water partition coefficient (Wildman–Crippen LogP) is 3.36. The monoisotopic (exact) mass is 313 g/mol. The molecule has 1 aliphatic rings. The van der Waals surface area contributed by atoms with Crippen molar-refractivity contribution in [3.8, 4) is 0 Å². The van der Waals surface area contributed by atoms with Crippen molar-refractivity contribution < 1.29 is 9.21 Å². The van der Waals surface area contributed by atoms with E-state index in [-0.39, 0.29) is 17.9 Å². The van der Waals surface area contributed by atoms with E-state index >= 15 is 0 Å². The van der Waals surface area contributed by atoms with E-state index in [1.165, 1.54) is 6.42 Å². The van der Waals surface area contributed by atoms with Crippen molar-refractivity contribution in [1.82, 2.24) is 15.5 Å². The first kappa shape index (κ1) is 15.7. The fourth-order valence-electron chi connectivity index (χ4n) is 3.16. The minimum absolute atomic E-state index is 0.112. The van der Waals surface area contributed by atoms with E-state index in [2.05, 4.69) is 15.5 Å². The number of rotatable bonds is 5. The van der Waals surface area contributed by atoms with Crippen molar-refractivity contribution in [2.24, 2.45) is 5.92 Å². The summed E-state index contributed by atoms with van der Waals surface area (Å²) in [6.07, 6.45) is 6.13. The SMILES string of the molecule is Cc1nnc(C(Cc2ccccc2)NC(=O)C2CCCCC2)o1. The molecule has 1 amide bonds. The molecular formula is C18H23N3O2. The first-order valence-corrected chi connectivity index (χ1v) is 8.36. The summed E-state index contributed by atoms with van der Waals surface area (Å²) >= 11 is 0. The maximum Gasteiger partial charge on any atom is 0.239 e. The Morgan fingerprint density at radius 3 is 2.61 bits per heavy atom. The second-order valence-electron chi connectivity index (χ2n) is 6.25. The molecule has 1 saturated carbocycles. The van der Waals surface area contributed by atoms with Crippen molar-refractivity contribution in [1.29, 1.82) is 0 Å². The van der Waals surface area contributed by atoms with Crippen molar-refractivity contribution in [3.05, 3.63) is 47.7 Å². The van der Waals surface area contributed by atoms with Gasteiger partial charge in [0, 0.05) is 19.3 Å². The fourth-order valence-corrected chi connectivity index (χ4v) is 3.16. The van der Waals surface area contributed by atoms with E-state index in [4.69, 9.17) is 4.42 Å². The van der Waals surface area contributed by atoms with Crippen LogP contribution in [0.15, 0.2) is 34.7 Å². The second-order valence-corrected chi connectivity index (χ2v) is 6.25. The van der Waals surface area contributed by atoms with Crippen LogP contribution in [0.25, 0.3) is 0 Å². The molecule has 1 aromatic carbocycles. The van der Waals surface area contributed by atoms with Crippen LogP contribution < -0.4 is 5.32 Å². The number of nitrogens with zero attached hydrogens (tertiary/aromatic N) is 2. The van der Waals surface area contributed by atoms with E-state index in [1.54, 1.807) is 6.92 Å². The van der Waals surface area contributed by atoms with Crippen molar-refractivity contribution >= 4 is 5.91 Å². The fraction of sp³-hybridized carbons (Fsp3) is 0.500. The summed E-state index contributed by atoms with van der Waals surface area (Å²) in [5, 5.41) is 11.1. The van der Waals surface area contributed by atoms with Crippen molar-refractivity contribution in [2.75, 3.05) is 0 Å². The van der Waals surface area contributed by atoms with E-state index < -0.39 is 0 Å². The zero-order chi connectivity index (χ0) is 16.1. The van der Waals surface area contributed by atoms with Crippen LogP contribution in [0.5, 0.6) is 0 Å². The highest BCUT2D eigenvalue weighted by Gasteiger charge is 2.26.